The number of nitrogens with one attached hydrogen (secondary N) is 1. The van der Waals surface area contributed by atoms with Crippen LogP contribution in [0.5, 0.6) is 0 Å². The van der Waals surface area contributed by atoms with Gasteiger partial charge >= 0.3 is 5.69 Å². The number of H-pyrrole nitrogens is 1. The third kappa shape index (κ3) is 1.23. The normalized spacial score (nSPS) is 10.1. The highest BCUT2D eigenvalue weighted by atomic mass is 32.1. The minimum absolute atomic E-state index is 0.307. The summed E-state index contributed by atoms with van der Waals surface area (Å²) in [5, 5.41) is 0.332. The summed E-state index contributed by atoms with van der Waals surface area (Å²) in [5.41, 5.74) is -0.292. The van der Waals surface area contributed by atoms with Crippen LogP contribution in [0.4, 0.5) is 0 Å². The fraction of sp³-hybridized carbons (Fsp3) is 0.333. The summed E-state index contributed by atoms with van der Waals surface area (Å²) < 4.78 is 1.01. The highest BCUT2D eigenvalue weighted by Gasteiger charge is 2.02. The molecule has 5 heteroatoms. The Hall–Kier alpha value is -0.970. The van der Waals surface area contributed by atoms with Gasteiger partial charge in [-0.25, -0.2) is 4.79 Å². The lowest BCUT2D eigenvalue weighted by Gasteiger charge is -1.99. The van der Waals surface area contributed by atoms with Crippen LogP contribution in [0.1, 0.15) is 5.56 Å². The van der Waals surface area contributed by atoms with E-state index in [0.717, 1.165) is 4.57 Å². The van der Waals surface area contributed by atoms with Gasteiger partial charge in [0.15, 0.2) is 0 Å². The largest absolute Gasteiger partial charge is 0.328 e. The minimum Gasteiger partial charge on any atom is -0.302 e. The van der Waals surface area contributed by atoms with E-state index < -0.39 is 5.69 Å². The van der Waals surface area contributed by atoms with Gasteiger partial charge in [0.2, 0.25) is 0 Å². The summed E-state index contributed by atoms with van der Waals surface area (Å²) in [7, 11) is 1.42. The lowest BCUT2D eigenvalue weighted by Crippen LogP contribution is -2.34. The third-order valence-corrected chi connectivity index (χ3v) is 1.96. The molecule has 0 aliphatic rings. The predicted molar refractivity (Wildman–Crippen MR) is 44.3 cm³/mol. The Morgan fingerprint density at radius 1 is 1.45 bits per heavy atom. The van der Waals surface area contributed by atoms with E-state index in [1.807, 2.05) is 0 Å². The van der Waals surface area contributed by atoms with Gasteiger partial charge in [-0.3, -0.25) is 9.36 Å². The molecule has 1 rings (SSSR count). The van der Waals surface area contributed by atoms with E-state index in [4.69, 9.17) is 0 Å². The van der Waals surface area contributed by atoms with Crippen LogP contribution in [0, 0.1) is 6.92 Å². The maximum Gasteiger partial charge on any atom is 0.328 e. The smallest absolute Gasteiger partial charge is 0.302 e. The van der Waals surface area contributed by atoms with Gasteiger partial charge in [-0.15, -0.1) is 12.6 Å². The maximum absolute atomic E-state index is 11.1. The first-order valence-electron chi connectivity index (χ1n) is 3.03. The number of thiol groups is 1. The molecule has 1 heterocycles. The summed E-state index contributed by atoms with van der Waals surface area (Å²) in [6.45, 7) is 1.61. The van der Waals surface area contributed by atoms with E-state index in [1.54, 1.807) is 6.92 Å². The van der Waals surface area contributed by atoms with Crippen LogP contribution in [0.3, 0.4) is 0 Å². The molecule has 11 heavy (non-hydrogen) atoms. The molecule has 1 N–H and O–H groups in total. The first-order valence-corrected chi connectivity index (χ1v) is 3.47. The fourth-order valence-corrected chi connectivity index (χ4v) is 0.915. The first kappa shape index (κ1) is 8.13. The van der Waals surface area contributed by atoms with Crippen LogP contribution in [0.25, 0.3) is 0 Å². The van der Waals surface area contributed by atoms with Crippen molar-refractivity contribution in [3.05, 3.63) is 26.4 Å². The second-order valence-corrected chi connectivity index (χ2v) is 2.72. The SMILES string of the molecule is Cc1c(S)[nH]c(=O)n(C)c1=O. The van der Waals surface area contributed by atoms with Crippen molar-refractivity contribution in [2.24, 2.45) is 7.05 Å². The Kier molecular flexibility index (Phi) is 1.90. The molecule has 0 amide bonds. The van der Waals surface area contributed by atoms with Crippen LogP contribution in [-0.2, 0) is 7.05 Å². The van der Waals surface area contributed by atoms with Crippen molar-refractivity contribution in [3.63, 3.8) is 0 Å². The molecule has 0 aliphatic carbocycles. The molecule has 0 atom stereocenters. The number of aromatic nitrogens is 2. The van der Waals surface area contributed by atoms with Gasteiger partial charge in [0.1, 0.15) is 0 Å². The summed E-state index contributed by atoms with van der Waals surface area (Å²) in [4.78, 5) is 24.4. The van der Waals surface area contributed by atoms with Crippen LogP contribution in [0.15, 0.2) is 14.6 Å². The Morgan fingerprint density at radius 2 is 2.00 bits per heavy atom. The molecule has 0 saturated heterocycles. The summed E-state index contributed by atoms with van der Waals surface area (Å²) >= 11 is 3.92. The van der Waals surface area contributed by atoms with E-state index in [0.29, 0.717) is 10.6 Å². The van der Waals surface area contributed by atoms with Crippen LogP contribution in [-0.4, -0.2) is 9.55 Å². The number of hydrogen-bond donors (Lipinski definition) is 2. The van der Waals surface area contributed by atoms with E-state index >= 15 is 0 Å². The average molecular weight is 172 g/mol. The van der Waals surface area contributed by atoms with Gasteiger partial charge in [-0.1, -0.05) is 0 Å². The third-order valence-electron chi connectivity index (χ3n) is 1.51. The monoisotopic (exact) mass is 172 g/mol. The number of aromatic amines is 1. The van der Waals surface area contributed by atoms with Crippen molar-refractivity contribution in [1.29, 1.82) is 0 Å². The van der Waals surface area contributed by atoms with E-state index in [2.05, 4.69) is 17.6 Å². The molecule has 1 aromatic heterocycles. The molecule has 0 saturated carbocycles. The molecule has 0 aliphatic heterocycles. The topological polar surface area (TPSA) is 54.9 Å². The van der Waals surface area contributed by atoms with Crippen molar-refractivity contribution in [2.45, 2.75) is 11.9 Å². The number of nitrogens with zero attached hydrogens (tertiary/aromatic N) is 1. The van der Waals surface area contributed by atoms with Crippen molar-refractivity contribution in [3.8, 4) is 0 Å². The van der Waals surface area contributed by atoms with Gasteiger partial charge in [-0.2, -0.15) is 0 Å². The number of hydrogen-bond acceptors (Lipinski definition) is 3. The van der Waals surface area contributed by atoms with Gasteiger partial charge in [0.05, 0.1) is 5.03 Å². The molecular weight excluding hydrogens is 164 g/mol. The number of rotatable bonds is 0. The van der Waals surface area contributed by atoms with Crippen molar-refractivity contribution < 1.29 is 0 Å². The van der Waals surface area contributed by atoms with Crippen LogP contribution < -0.4 is 11.2 Å². The Labute approximate surface area is 68.3 Å². The Bertz CT molecular complexity index is 391. The van der Waals surface area contributed by atoms with Crippen molar-refractivity contribution in [2.75, 3.05) is 0 Å². The quantitative estimate of drug-likeness (QED) is 0.416. The molecule has 0 unspecified atom stereocenters. The standard InChI is InChI=1S/C6H8N2O2S/c1-3-4(11)7-6(10)8(2)5(3)9/h11H,1-2H3,(H,7,10). The van der Waals surface area contributed by atoms with E-state index in [1.165, 1.54) is 7.05 Å². The predicted octanol–water partition coefficient (Wildman–Crippen LogP) is -0.329. The highest BCUT2D eigenvalue weighted by molar-refractivity contribution is 7.80. The molecular formula is C6H8N2O2S. The molecule has 0 spiro atoms. The Balaban J connectivity index is 3.74. The van der Waals surface area contributed by atoms with E-state index in [9.17, 15) is 9.59 Å². The summed E-state index contributed by atoms with van der Waals surface area (Å²) in [6, 6.07) is 0. The van der Waals surface area contributed by atoms with Gasteiger partial charge in [0, 0.05) is 12.6 Å². The fourth-order valence-electron chi connectivity index (χ4n) is 0.724. The Morgan fingerprint density at radius 3 is 2.55 bits per heavy atom. The lowest BCUT2D eigenvalue weighted by molar-refractivity contribution is 0.735. The molecule has 0 fully saturated rings. The zero-order valence-corrected chi connectivity index (χ0v) is 7.11. The van der Waals surface area contributed by atoms with Gasteiger partial charge in [0.25, 0.3) is 5.56 Å². The molecule has 60 valence electrons. The van der Waals surface area contributed by atoms with Crippen molar-refractivity contribution in [1.82, 2.24) is 9.55 Å². The molecule has 4 nitrogen and oxygen atoms in total. The van der Waals surface area contributed by atoms with Crippen molar-refractivity contribution >= 4 is 12.6 Å². The zero-order chi connectivity index (χ0) is 8.59. The van der Waals surface area contributed by atoms with Crippen LogP contribution in [0.2, 0.25) is 0 Å². The zero-order valence-electron chi connectivity index (χ0n) is 6.21. The summed E-state index contributed by atoms with van der Waals surface area (Å²) in [5.74, 6) is 0. The average Bonchev–Trinajstić information content (AvgIpc) is 1.97. The second kappa shape index (κ2) is 2.58. The molecule has 0 radical (unpaired) electrons. The molecule has 1 aromatic rings. The van der Waals surface area contributed by atoms with Crippen LogP contribution >= 0.6 is 12.6 Å². The highest BCUT2D eigenvalue weighted by Crippen LogP contribution is 1.98. The molecule has 0 bridgehead atoms. The second-order valence-electron chi connectivity index (χ2n) is 2.27. The first-order chi connectivity index (χ1) is 5.04. The lowest BCUT2D eigenvalue weighted by atomic mass is 10.4. The van der Waals surface area contributed by atoms with Gasteiger partial charge in [-0.05, 0) is 6.92 Å². The molecule has 0 aromatic carbocycles. The maximum atomic E-state index is 11.1. The van der Waals surface area contributed by atoms with E-state index in [-0.39, 0.29) is 5.56 Å². The van der Waals surface area contributed by atoms with Gasteiger partial charge < -0.3 is 4.98 Å². The minimum atomic E-state index is -0.439. The summed E-state index contributed by atoms with van der Waals surface area (Å²) in [6.07, 6.45) is 0.